The van der Waals surface area contributed by atoms with Crippen LogP contribution in [-0.2, 0) is 4.74 Å². The van der Waals surface area contributed by atoms with Crippen molar-refractivity contribution in [2.45, 2.75) is 13.0 Å². The molecule has 0 radical (unpaired) electrons. The van der Waals surface area contributed by atoms with Gasteiger partial charge in [-0.3, -0.25) is 4.79 Å². The molecule has 0 saturated carbocycles. The molecule has 1 aromatic carbocycles. The van der Waals surface area contributed by atoms with Gasteiger partial charge in [0.1, 0.15) is 18.6 Å². The van der Waals surface area contributed by atoms with Crippen molar-refractivity contribution in [3.63, 3.8) is 0 Å². The van der Waals surface area contributed by atoms with Crippen LogP contribution in [0.3, 0.4) is 0 Å². The van der Waals surface area contributed by atoms with E-state index in [1.807, 2.05) is 6.92 Å². The third kappa shape index (κ3) is 3.18. The summed E-state index contributed by atoms with van der Waals surface area (Å²) in [6, 6.07) is 6.98. The van der Waals surface area contributed by atoms with Crippen LogP contribution in [0.2, 0.25) is 0 Å². The molecule has 0 aliphatic rings. The summed E-state index contributed by atoms with van der Waals surface area (Å²) < 4.78 is 10.5. The number of carbonyl (C=O) groups is 1. The Morgan fingerprint density at radius 2 is 2.00 bits per heavy atom. The summed E-state index contributed by atoms with van der Waals surface area (Å²) >= 11 is 0. The smallest absolute Gasteiger partial charge is 0.150 e. The molecule has 3 heteroatoms. The van der Waals surface area contributed by atoms with Gasteiger partial charge in [-0.15, -0.1) is 0 Å². The maximum absolute atomic E-state index is 10.4. The van der Waals surface area contributed by atoms with Crippen molar-refractivity contribution in [1.29, 1.82) is 0 Å². The van der Waals surface area contributed by atoms with Gasteiger partial charge in [-0.2, -0.15) is 0 Å². The molecule has 1 unspecified atom stereocenters. The molecule has 0 amide bonds. The molecule has 0 saturated heterocycles. The molecule has 0 N–H and O–H groups in total. The summed E-state index contributed by atoms with van der Waals surface area (Å²) in [5.74, 6) is 0.750. The average Bonchev–Trinajstić information content (AvgIpc) is 2.26. The van der Waals surface area contributed by atoms with E-state index in [1.165, 1.54) is 0 Å². The summed E-state index contributed by atoms with van der Waals surface area (Å²) in [4.78, 5) is 10.4. The van der Waals surface area contributed by atoms with Crippen LogP contribution in [0.4, 0.5) is 0 Å². The lowest BCUT2D eigenvalue weighted by molar-refractivity contribution is 0.0716. The molecule has 1 atom stereocenters. The highest BCUT2D eigenvalue weighted by Crippen LogP contribution is 2.11. The Morgan fingerprint density at radius 1 is 1.36 bits per heavy atom. The quantitative estimate of drug-likeness (QED) is 0.672. The van der Waals surface area contributed by atoms with Gasteiger partial charge in [0.05, 0.1) is 6.10 Å². The molecular formula is C11H14O3. The number of ether oxygens (including phenoxy) is 2. The fourth-order valence-electron chi connectivity index (χ4n) is 0.924. The summed E-state index contributed by atoms with van der Waals surface area (Å²) in [6.07, 6.45) is 0.877. The second-order valence-electron chi connectivity index (χ2n) is 3.04. The van der Waals surface area contributed by atoms with Gasteiger partial charge in [-0.1, -0.05) is 0 Å². The summed E-state index contributed by atoms with van der Waals surface area (Å²) in [7, 11) is 1.64. The number of rotatable bonds is 5. The molecule has 0 aliphatic carbocycles. The Morgan fingerprint density at radius 3 is 2.50 bits per heavy atom. The summed E-state index contributed by atoms with van der Waals surface area (Å²) in [6.45, 7) is 2.44. The van der Waals surface area contributed by atoms with Crippen LogP contribution >= 0.6 is 0 Å². The summed E-state index contributed by atoms with van der Waals surface area (Å²) in [5, 5.41) is 0. The Hall–Kier alpha value is -1.35. The number of carbonyl (C=O) groups excluding carboxylic acids is 1. The van der Waals surface area contributed by atoms with E-state index in [9.17, 15) is 4.79 Å². The third-order valence-corrected chi connectivity index (χ3v) is 1.90. The van der Waals surface area contributed by atoms with Crippen LogP contribution in [0.25, 0.3) is 0 Å². The van der Waals surface area contributed by atoms with E-state index in [0.29, 0.717) is 12.2 Å². The van der Waals surface area contributed by atoms with Gasteiger partial charge in [-0.05, 0) is 31.2 Å². The molecule has 1 aromatic rings. The Balaban J connectivity index is 2.47. The first kappa shape index (κ1) is 10.7. The van der Waals surface area contributed by atoms with Gasteiger partial charge < -0.3 is 9.47 Å². The zero-order valence-electron chi connectivity index (χ0n) is 8.40. The van der Waals surface area contributed by atoms with Crippen molar-refractivity contribution in [1.82, 2.24) is 0 Å². The Labute approximate surface area is 83.6 Å². The topological polar surface area (TPSA) is 35.5 Å². The van der Waals surface area contributed by atoms with Crippen molar-refractivity contribution in [2.75, 3.05) is 13.7 Å². The van der Waals surface area contributed by atoms with Crippen molar-refractivity contribution in [2.24, 2.45) is 0 Å². The van der Waals surface area contributed by atoms with E-state index in [1.54, 1.807) is 31.4 Å². The van der Waals surface area contributed by atoms with E-state index < -0.39 is 0 Å². The average molecular weight is 194 g/mol. The molecule has 0 aromatic heterocycles. The van der Waals surface area contributed by atoms with Gasteiger partial charge >= 0.3 is 0 Å². The van der Waals surface area contributed by atoms with Crippen LogP contribution in [-0.4, -0.2) is 26.1 Å². The van der Waals surface area contributed by atoms with E-state index in [4.69, 9.17) is 9.47 Å². The lowest BCUT2D eigenvalue weighted by Crippen LogP contribution is -2.15. The van der Waals surface area contributed by atoms with Gasteiger partial charge in [-0.25, -0.2) is 0 Å². The second kappa shape index (κ2) is 5.40. The number of hydrogen-bond donors (Lipinski definition) is 0. The van der Waals surface area contributed by atoms with Gasteiger partial charge in [0, 0.05) is 12.7 Å². The lowest BCUT2D eigenvalue weighted by Gasteiger charge is -2.11. The molecule has 1 rings (SSSR count). The van der Waals surface area contributed by atoms with Crippen LogP contribution in [0.1, 0.15) is 17.3 Å². The van der Waals surface area contributed by atoms with Gasteiger partial charge in [0.15, 0.2) is 0 Å². The number of hydrogen-bond acceptors (Lipinski definition) is 3. The fraction of sp³-hybridized carbons (Fsp3) is 0.364. The van der Waals surface area contributed by atoms with E-state index in [2.05, 4.69) is 0 Å². The largest absolute Gasteiger partial charge is 0.491 e. The molecule has 76 valence electrons. The van der Waals surface area contributed by atoms with Crippen molar-refractivity contribution in [3.8, 4) is 5.75 Å². The molecule has 0 bridgehead atoms. The predicted molar refractivity (Wildman–Crippen MR) is 53.8 cm³/mol. The minimum absolute atomic E-state index is 0.0701. The molecule has 0 spiro atoms. The van der Waals surface area contributed by atoms with E-state index >= 15 is 0 Å². The standard InChI is InChI=1S/C11H14O3/c1-9(13-2)8-14-11-5-3-10(7-12)4-6-11/h3-7,9H,8H2,1-2H3. The van der Waals surface area contributed by atoms with Gasteiger partial charge in [0.25, 0.3) is 0 Å². The summed E-state index contributed by atoms with van der Waals surface area (Å²) in [5.41, 5.74) is 0.650. The van der Waals surface area contributed by atoms with Crippen LogP contribution in [0, 0.1) is 0 Å². The van der Waals surface area contributed by atoms with E-state index in [-0.39, 0.29) is 6.10 Å². The molecular weight excluding hydrogens is 180 g/mol. The maximum Gasteiger partial charge on any atom is 0.150 e. The Kier molecular flexibility index (Phi) is 4.13. The number of benzene rings is 1. The minimum atomic E-state index is 0.0701. The van der Waals surface area contributed by atoms with Crippen LogP contribution in [0.5, 0.6) is 5.75 Å². The van der Waals surface area contributed by atoms with Gasteiger partial charge in [0.2, 0.25) is 0 Å². The fourth-order valence-corrected chi connectivity index (χ4v) is 0.924. The molecule has 0 aliphatic heterocycles. The van der Waals surface area contributed by atoms with Crippen LogP contribution in [0.15, 0.2) is 24.3 Å². The second-order valence-corrected chi connectivity index (χ2v) is 3.04. The first-order valence-corrected chi connectivity index (χ1v) is 4.47. The lowest BCUT2D eigenvalue weighted by atomic mass is 10.2. The molecule has 0 fully saturated rings. The number of methoxy groups -OCH3 is 1. The zero-order chi connectivity index (χ0) is 10.4. The number of aldehydes is 1. The van der Waals surface area contributed by atoms with Crippen molar-refractivity contribution in [3.05, 3.63) is 29.8 Å². The highest BCUT2D eigenvalue weighted by molar-refractivity contribution is 5.74. The van der Waals surface area contributed by atoms with Crippen molar-refractivity contribution >= 4 is 6.29 Å². The minimum Gasteiger partial charge on any atom is -0.491 e. The molecule has 3 nitrogen and oxygen atoms in total. The SMILES string of the molecule is COC(C)COc1ccc(C=O)cc1. The third-order valence-electron chi connectivity index (χ3n) is 1.90. The monoisotopic (exact) mass is 194 g/mol. The normalized spacial score (nSPS) is 12.1. The van der Waals surface area contributed by atoms with Crippen LogP contribution < -0.4 is 4.74 Å². The van der Waals surface area contributed by atoms with Crippen molar-refractivity contribution < 1.29 is 14.3 Å². The first-order chi connectivity index (χ1) is 6.76. The molecule has 14 heavy (non-hydrogen) atoms. The Bertz CT molecular complexity index is 279. The predicted octanol–water partition coefficient (Wildman–Crippen LogP) is 1.91. The maximum atomic E-state index is 10.4. The first-order valence-electron chi connectivity index (χ1n) is 4.47. The highest BCUT2D eigenvalue weighted by atomic mass is 16.5. The van der Waals surface area contributed by atoms with E-state index in [0.717, 1.165) is 12.0 Å². The highest BCUT2D eigenvalue weighted by Gasteiger charge is 2.00. The zero-order valence-corrected chi connectivity index (χ0v) is 8.40. The molecule has 0 heterocycles.